The van der Waals surface area contributed by atoms with Gasteiger partial charge in [0.25, 0.3) is 0 Å². The molecule has 3 rings (SSSR count). The molecule has 3 heterocycles. The number of rotatable bonds is 3. The van der Waals surface area contributed by atoms with E-state index >= 15 is 0 Å². The Morgan fingerprint density at radius 1 is 1.17 bits per heavy atom. The van der Waals surface area contributed by atoms with E-state index in [-0.39, 0.29) is 0 Å². The summed E-state index contributed by atoms with van der Waals surface area (Å²) in [5.41, 5.74) is 0. The van der Waals surface area contributed by atoms with E-state index in [9.17, 15) is 0 Å². The van der Waals surface area contributed by atoms with Crippen molar-refractivity contribution in [2.75, 3.05) is 31.1 Å². The minimum Gasteiger partial charge on any atom is -0.346 e. The Balaban J connectivity index is 1.56. The van der Waals surface area contributed by atoms with Crippen LogP contribution in [0.1, 0.15) is 4.88 Å². The summed E-state index contributed by atoms with van der Waals surface area (Å²) in [5.74, 6) is 0. The molecule has 0 aliphatic carbocycles. The molecule has 0 unspecified atom stereocenters. The predicted octanol–water partition coefficient (Wildman–Crippen LogP) is 3.29. The van der Waals surface area contributed by atoms with Gasteiger partial charge in [-0.2, -0.15) is 0 Å². The largest absolute Gasteiger partial charge is 0.346 e. The fourth-order valence-corrected chi connectivity index (χ4v) is 4.33. The van der Waals surface area contributed by atoms with E-state index in [4.69, 9.17) is 0 Å². The third-order valence-electron chi connectivity index (χ3n) is 3.12. The molecule has 18 heavy (non-hydrogen) atoms. The topological polar surface area (TPSA) is 19.4 Å². The molecule has 1 aliphatic heterocycles. The van der Waals surface area contributed by atoms with Gasteiger partial charge < -0.3 is 4.90 Å². The fourth-order valence-electron chi connectivity index (χ4n) is 2.11. The lowest BCUT2D eigenvalue weighted by molar-refractivity contribution is 0.251. The van der Waals surface area contributed by atoms with Gasteiger partial charge in [0.1, 0.15) is 0 Å². The van der Waals surface area contributed by atoms with Gasteiger partial charge in [0.15, 0.2) is 5.13 Å². The minimum absolute atomic E-state index is 1.06. The van der Waals surface area contributed by atoms with Crippen LogP contribution in [0.25, 0.3) is 0 Å². The van der Waals surface area contributed by atoms with E-state index in [0.717, 1.165) is 37.9 Å². The van der Waals surface area contributed by atoms with Crippen molar-refractivity contribution in [1.29, 1.82) is 0 Å². The highest BCUT2D eigenvalue weighted by molar-refractivity contribution is 9.10. The zero-order chi connectivity index (χ0) is 12.4. The molecule has 3 nitrogen and oxygen atoms in total. The third kappa shape index (κ3) is 2.77. The predicted molar refractivity (Wildman–Crippen MR) is 81.6 cm³/mol. The van der Waals surface area contributed by atoms with Crippen molar-refractivity contribution in [1.82, 2.24) is 9.88 Å². The van der Waals surface area contributed by atoms with Crippen molar-refractivity contribution in [2.45, 2.75) is 6.54 Å². The molecule has 96 valence electrons. The van der Waals surface area contributed by atoms with Crippen molar-refractivity contribution in [3.8, 4) is 0 Å². The number of thiophene rings is 1. The standard InChI is InChI=1S/C12H14BrN3S2/c13-10-1-7-17-11(10)9-15-3-5-16(6-4-15)12-14-2-8-18-12/h1-2,7-8H,3-6,9H2. The van der Waals surface area contributed by atoms with Crippen LogP contribution >= 0.6 is 38.6 Å². The molecule has 0 N–H and O–H groups in total. The molecule has 0 atom stereocenters. The molecule has 0 bridgehead atoms. The molecule has 0 spiro atoms. The first-order chi connectivity index (χ1) is 8.83. The smallest absolute Gasteiger partial charge is 0.185 e. The summed E-state index contributed by atoms with van der Waals surface area (Å²) >= 11 is 7.16. The SMILES string of the molecule is Brc1ccsc1CN1CCN(c2nccs2)CC1. The molecule has 1 aliphatic rings. The van der Waals surface area contributed by atoms with Crippen molar-refractivity contribution < 1.29 is 0 Å². The van der Waals surface area contributed by atoms with Crippen LogP contribution in [-0.2, 0) is 6.54 Å². The first kappa shape index (κ1) is 12.6. The maximum Gasteiger partial charge on any atom is 0.185 e. The number of thiazole rings is 1. The molecule has 2 aromatic rings. The van der Waals surface area contributed by atoms with Gasteiger partial charge in [0, 0.05) is 53.7 Å². The lowest BCUT2D eigenvalue weighted by atomic mass is 10.3. The molecular weight excluding hydrogens is 330 g/mol. The van der Waals surface area contributed by atoms with Crippen LogP contribution in [0, 0.1) is 0 Å². The monoisotopic (exact) mass is 343 g/mol. The van der Waals surface area contributed by atoms with Crippen LogP contribution < -0.4 is 4.90 Å². The van der Waals surface area contributed by atoms with Crippen LogP contribution in [0.2, 0.25) is 0 Å². The van der Waals surface area contributed by atoms with E-state index < -0.39 is 0 Å². The summed E-state index contributed by atoms with van der Waals surface area (Å²) in [6.07, 6.45) is 1.88. The molecule has 0 amide bonds. The number of halogens is 1. The van der Waals surface area contributed by atoms with Crippen LogP contribution in [0.5, 0.6) is 0 Å². The van der Waals surface area contributed by atoms with Gasteiger partial charge in [0.2, 0.25) is 0 Å². The Bertz CT molecular complexity index is 489. The quantitative estimate of drug-likeness (QED) is 0.852. The molecule has 0 saturated carbocycles. The average molecular weight is 344 g/mol. The van der Waals surface area contributed by atoms with E-state index in [2.05, 4.69) is 42.2 Å². The molecule has 0 radical (unpaired) electrons. The van der Waals surface area contributed by atoms with Gasteiger partial charge in [-0.1, -0.05) is 0 Å². The van der Waals surface area contributed by atoms with Crippen molar-refractivity contribution in [2.24, 2.45) is 0 Å². The van der Waals surface area contributed by atoms with Crippen LogP contribution in [0.4, 0.5) is 5.13 Å². The maximum absolute atomic E-state index is 4.38. The fraction of sp³-hybridized carbons (Fsp3) is 0.417. The first-order valence-corrected chi connectivity index (χ1v) is 8.47. The minimum atomic E-state index is 1.06. The van der Waals surface area contributed by atoms with Gasteiger partial charge in [-0.3, -0.25) is 4.90 Å². The number of hydrogen-bond acceptors (Lipinski definition) is 5. The first-order valence-electron chi connectivity index (χ1n) is 5.91. The normalized spacial score (nSPS) is 17.3. The molecule has 2 aromatic heterocycles. The summed E-state index contributed by atoms with van der Waals surface area (Å²) in [7, 11) is 0. The highest BCUT2D eigenvalue weighted by Crippen LogP contribution is 2.25. The maximum atomic E-state index is 4.38. The summed E-state index contributed by atoms with van der Waals surface area (Å²) in [4.78, 5) is 10.7. The van der Waals surface area contributed by atoms with E-state index in [1.165, 1.54) is 9.35 Å². The van der Waals surface area contributed by atoms with Crippen molar-refractivity contribution in [3.05, 3.63) is 32.4 Å². The third-order valence-corrected chi connectivity index (χ3v) is 5.86. The zero-order valence-corrected chi connectivity index (χ0v) is 13.1. The highest BCUT2D eigenvalue weighted by atomic mass is 79.9. The van der Waals surface area contributed by atoms with Crippen LogP contribution in [0.3, 0.4) is 0 Å². The van der Waals surface area contributed by atoms with Gasteiger partial charge in [-0.15, -0.1) is 22.7 Å². The van der Waals surface area contributed by atoms with Gasteiger partial charge in [0.05, 0.1) is 0 Å². The Hall–Kier alpha value is -0.430. The second kappa shape index (κ2) is 5.69. The molecule has 1 fully saturated rings. The van der Waals surface area contributed by atoms with Gasteiger partial charge >= 0.3 is 0 Å². The van der Waals surface area contributed by atoms with Gasteiger partial charge in [-0.25, -0.2) is 4.98 Å². The van der Waals surface area contributed by atoms with Crippen molar-refractivity contribution >= 4 is 43.7 Å². The number of aromatic nitrogens is 1. The lowest BCUT2D eigenvalue weighted by Gasteiger charge is -2.34. The molecular formula is C12H14BrN3S2. The van der Waals surface area contributed by atoms with Crippen LogP contribution in [-0.4, -0.2) is 36.1 Å². The molecule has 6 heteroatoms. The highest BCUT2D eigenvalue weighted by Gasteiger charge is 2.19. The Labute approximate surface area is 123 Å². The summed E-state index contributed by atoms with van der Waals surface area (Å²) in [6.45, 7) is 5.45. The average Bonchev–Trinajstić information content (AvgIpc) is 3.03. The number of hydrogen-bond donors (Lipinski definition) is 0. The Morgan fingerprint density at radius 3 is 2.61 bits per heavy atom. The van der Waals surface area contributed by atoms with E-state index in [1.807, 2.05) is 22.9 Å². The summed E-state index contributed by atoms with van der Waals surface area (Å²) in [5, 5.41) is 5.35. The Morgan fingerprint density at radius 2 is 2.00 bits per heavy atom. The number of anilines is 1. The van der Waals surface area contributed by atoms with Crippen LogP contribution in [0.15, 0.2) is 27.5 Å². The van der Waals surface area contributed by atoms with Gasteiger partial charge in [-0.05, 0) is 27.4 Å². The zero-order valence-electron chi connectivity index (χ0n) is 9.88. The second-order valence-corrected chi connectivity index (χ2v) is 7.00. The summed E-state index contributed by atoms with van der Waals surface area (Å²) < 4.78 is 1.25. The molecule has 1 saturated heterocycles. The Kier molecular flexibility index (Phi) is 3.98. The van der Waals surface area contributed by atoms with E-state index in [0.29, 0.717) is 0 Å². The number of piperazine rings is 1. The van der Waals surface area contributed by atoms with E-state index in [1.54, 1.807) is 11.3 Å². The summed E-state index contributed by atoms with van der Waals surface area (Å²) in [6, 6.07) is 2.13. The molecule has 0 aromatic carbocycles. The number of nitrogens with zero attached hydrogens (tertiary/aromatic N) is 3. The lowest BCUT2D eigenvalue weighted by Crippen LogP contribution is -2.45. The van der Waals surface area contributed by atoms with Crippen molar-refractivity contribution in [3.63, 3.8) is 0 Å². The second-order valence-electron chi connectivity index (χ2n) is 4.27.